The van der Waals surface area contributed by atoms with Crippen LogP contribution in [0.1, 0.15) is 12.0 Å². The molecule has 0 aromatic heterocycles. The lowest BCUT2D eigenvalue weighted by Crippen LogP contribution is -2.45. The minimum Gasteiger partial charge on any atom is -0.508 e. The van der Waals surface area contributed by atoms with E-state index in [1.807, 2.05) is 0 Å². The number of benzene rings is 1. The lowest BCUT2D eigenvalue weighted by molar-refractivity contribution is 0.152. The third-order valence-corrected chi connectivity index (χ3v) is 3.81. The highest BCUT2D eigenvalue weighted by molar-refractivity contribution is 5.38. The predicted octanol–water partition coefficient (Wildman–Crippen LogP) is 0.825. The first kappa shape index (κ1) is 15.1. The minimum absolute atomic E-state index is 0.0984. The van der Waals surface area contributed by atoms with Gasteiger partial charge in [0.2, 0.25) is 0 Å². The molecule has 5 nitrogen and oxygen atoms in total. The fourth-order valence-corrected chi connectivity index (χ4v) is 2.42. The first-order valence-corrected chi connectivity index (χ1v) is 7.27. The van der Waals surface area contributed by atoms with E-state index in [9.17, 15) is 10.2 Å². The zero-order chi connectivity index (χ0) is 14.4. The molecule has 1 aromatic carbocycles. The molecule has 1 fully saturated rings. The maximum absolute atomic E-state index is 9.66. The van der Waals surface area contributed by atoms with Crippen molar-refractivity contribution in [3.05, 3.63) is 23.8 Å². The molecule has 0 aliphatic carbocycles. The topological polar surface area (TPSA) is 59.0 Å². The maximum atomic E-state index is 9.66. The van der Waals surface area contributed by atoms with E-state index in [2.05, 4.69) is 22.2 Å². The zero-order valence-electron chi connectivity index (χ0n) is 12.2. The van der Waals surface area contributed by atoms with Gasteiger partial charge in [-0.25, -0.2) is 0 Å². The highest BCUT2D eigenvalue weighted by atomic mass is 16.3. The summed E-state index contributed by atoms with van der Waals surface area (Å²) in [6, 6.07) is 4.72. The second-order valence-corrected chi connectivity index (χ2v) is 5.49. The number of hydrogen-bond donors (Lipinski definition) is 3. The average Bonchev–Trinajstić information content (AvgIpc) is 2.42. The summed E-state index contributed by atoms with van der Waals surface area (Å²) < 4.78 is 0. The predicted molar refractivity (Wildman–Crippen MR) is 80.0 cm³/mol. The highest BCUT2D eigenvalue weighted by Gasteiger charge is 2.12. The van der Waals surface area contributed by atoms with Gasteiger partial charge in [0.15, 0.2) is 0 Å². The van der Waals surface area contributed by atoms with Crippen LogP contribution in [0.3, 0.4) is 0 Å². The van der Waals surface area contributed by atoms with Gasteiger partial charge in [0, 0.05) is 44.4 Å². The largest absolute Gasteiger partial charge is 0.508 e. The molecule has 112 valence electrons. The van der Waals surface area contributed by atoms with Crippen molar-refractivity contribution >= 4 is 0 Å². The Morgan fingerprint density at radius 3 is 2.60 bits per heavy atom. The van der Waals surface area contributed by atoms with Crippen molar-refractivity contribution in [1.29, 1.82) is 0 Å². The molecule has 3 N–H and O–H groups in total. The van der Waals surface area contributed by atoms with E-state index in [4.69, 9.17) is 0 Å². The van der Waals surface area contributed by atoms with Gasteiger partial charge in [0.25, 0.3) is 0 Å². The van der Waals surface area contributed by atoms with Crippen LogP contribution < -0.4 is 5.32 Å². The molecular formula is C15H25N3O2. The van der Waals surface area contributed by atoms with E-state index in [0.717, 1.165) is 51.3 Å². The van der Waals surface area contributed by atoms with Crippen LogP contribution in [0, 0.1) is 0 Å². The van der Waals surface area contributed by atoms with Gasteiger partial charge in [0.05, 0.1) is 0 Å². The molecule has 0 spiro atoms. The summed E-state index contributed by atoms with van der Waals surface area (Å²) in [6.07, 6.45) is 1.11. The van der Waals surface area contributed by atoms with Gasteiger partial charge in [0.1, 0.15) is 11.5 Å². The molecule has 1 aliphatic heterocycles. The molecular weight excluding hydrogens is 254 g/mol. The van der Waals surface area contributed by atoms with Crippen molar-refractivity contribution in [2.24, 2.45) is 0 Å². The maximum Gasteiger partial charge on any atom is 0.123 e. The van der Waals surface area contributed by atoms with Crippen LogP contribution in [0.4, 0.5) is 0 Å². The van der Waals surface area contributed by atoms with E-state index in [0.29, 0.717) is 6.54 Å². The van der Waals surface area contributed by atoms with Crippen LogP contribution >= 0.6 is 0 Å². The molecule has 2 rings (SSSR count). The number of rotatable bonds is 6. The standard InChI is InChI=1S/C15H25N3O2/c1-17-7-9-18(10-8-17)6-2-5-16-12-13-3-4-14(19)11-15(13)20/h3-4,11,16,19-20H,2,5-10,12H2,1H3. The van der Waals surface area contributed by atoms with E-state index < -0.39 is 0 Å². The molecule has 0 unspecified atom stereocenters. The summed E-state index contributed by atoms with van der Waals surface area (Å²) in [6.45, 7) is 7.35. The van der Waals surface area contributed by atoms with Crippen LogP contribution in [-0.2, 0) is 6.54 Å². The van der Waals surface area contributed by atoms with Crippen molar-refractivity contribution in [2.45, 2.75) is 13.0 Å². The van der Waals surface area contributed by atoms with Crippen LogP contribution in [0.25, 0.3) is 0 Å². The highest BCUT2D eigenvalue weighted by Crippen LogP contribution is 2.22. The number of nitrogens with one attached hydrogen (secondary N) is 1. The molecule has 0 amide bonds. The summed E-state index contributed by atoms with van der Waals surface area (Å²) in [5, 5.41) is 22.2. The molecule has 1 aliphatic rings. The van der Waals surface area contributed by atoms with Crippen LogP contribution in [0.2, 0.25) is 0 Å². The lowest BCUT2D eigenvalue weighted by Gasteiger charge is -2.32. The minimum atomic E-state index is 0.0984. The summed E-state index contributed by atoms with van der Waals surface area (Å²) >= 11 is 0. The molecule has 5 heteroatoms. The number of phenols is 2. The molecule has 1 heterocycles. The van der Waals surface area contributed by atoms with Gasteiger partial charge in [-0.05, 0) is 32.6 Å². The Hall–Kier alpha value is -1.30. The zero-order valence-corrected chi connectivity index (χ0v) is 12.2. The Kier molecular flexibility index (Phi) is 5.64. The molecule has 20 heavy (non-hydrogen) atoms. The Labute approximate surface area is 120 Å². The monoisotopic (exact) mass is 279 g/mol. The first-order chi connectivity index (χ1) is 9.65. The van der Waals surface area contributed by atoms with Crippen LogP contribution in [0.5, 0.6) is 11.5 Å². The van der Waals surface area contributed by atoms with Crippen molar-refractivity contribution in [1.82, 2.24) is 15.1 Å². The van der Waals surface area contributed by atoms with Crippen molar-refractivity contribution in [3.8, 4) is 11.5 Å². The van der Waals surface area contributed by atoms with Crippen molar-refractivity contribution in [2.75, 3.05) is 46.3 Å². The van der Waals surface area contributed by atoms with E-state index in [-0.39, 0.29) is 11.5 Å². The van der Waals surface area contributed by atoms with Crippen molar-refractivity contribution in [3.63, 3.8) is 0 Å². The Morgan fingerprint density at radius 2 is 1.90 bits per heavy atom. The van der Waals surface area contributed by atoms with Gasteiger partial charge in [-0.3, -0.25) is 0 Å². The fraction of sp³-hybridized carbons (Fsp3) is 0.600. The Morgan fingerprint density at radius 1 is 1.15 bits per heavy atom. The van der Waals surface area contributed by atoms with Gasteiger partial charge in [-0.15, -0.1) is 0 Å². The van der Waals surface area contributed by atoms with E-state index >= 15 is 0 Å². The second kappa shape index (κ2) is 7.47. The molecule has 0 bridgehead atoms. The number of aromatic hydroxyl groups is 2. The SMILES string of the molecule is CN1CCN(CCCNCc2ccc(O)cc2O)CC1. The summed E-state index contributed by atoms with van der Waals surface area (Å²) in [5.74, 6) is 0.248. The lowest BCUT2D eigenvalue weighted by atomic mass is 10.2. The van der Waals surface area contributed by atoms with Crippen LogP contribution in [0.15, 0.2) is 18.2 Å². The molecule has 0 saturated carbocycles. The Balaban J connectivity index is 1.59. The van der Waals surface area contributed by atoms with Gasteiger partial charge >= 0.3 is 0 Å². The summed E-state index contributed by atoms with van der Waals surface area (Å²) in [7, 11) is 2.17. The number of hydrogen-bond acceptors (Lipinski definition) is 5. The Bertz CT molecular complexity index is 418. The normalized spacial score (nSPS) is 17.4. The van der Waals surface area contributed by atoms with Gasteiger partial charge in [-0.1, -0.05) is 6.07 Å². The smallest absolute Gasteiger partial charge is 0.123 e. The first-order valence-electron chi connectivity index (χ1n) is 7.27. The van der Waals surface area contributed by atoms with Crippen LogP contribution in [-0.4, -0.2) is 66.3 Å². The summed E-state index contributed by atoms with van der Waals surface area (Å²) in [5.41, 5.74) is 0.822. The molecule has 1 aromatic rings. The second-order valence-electron chi connectivity index (χ2n) is 5.49. The number of likely N-dealkylation sites (N-methyl/N-ethyl adjacent to an activating group) is 1. The number of nitrogens with zero attached hydrogens (tertiary/aromatic N) is 2. The number of phenolic OH excluding ortho intramolecular Hbond substituents is 2. The van der Waals surface area contributed by atoms with Gasteiger partial charge < -0.3 is 25.3 Å². The number of piperazine rings is 1. The third kappa shape index (κ3) is 4.67. The van der Waals surface area contributed by atoms with E-state index in [1.54, 1.807) is 12.1 Å². The average molecular weight is 279 g/mol. The molecule has 1 saturated heterocycles. The van der Waals surface area contributed by atoms with Crippen molar-refractivity contribution < 1.29 is 10.2 Å². The summed E-state index contributed by atoms with van der Waals surface area (Å²) in [4.78, 5) is 4.86. The van der Waals surface area contributed by atoms with Gasteiger partial charge in [-0.2, -0.15) is 0 Å². The quantitative estimate of drug-likeness (QED) is 0.673. The van der Waals surface area contributed by atoms with E-state index in [1.165, 1.54) is 6.07 Å². The molecule has 0 radical (unpaired) electrons. The molecule has 0 atom stereocenters. The fourth-order valence-electron chi connectivity index (χ4n) is 2.42. The third-order valence-electron chi connectivity index (χ3n) is 3.81.